The zero-order valence-electron chi connectivity index (χ0n) is 14.8. The maximum Gasteiger partial charge on any atom is 0.324 e. The molecule has 1 fully saturated rings. The molecule has 0 aliphatic carbocycles. The molecule has 9 heteroatoms. The minimum absolute atomic E-state index is 0.0666. The molecule has 4 rings (SSSR count). The van der Waals surface area contributed by atoms with Crippen LogP contribution < -0.4 is 10.2 Å². The molecule has 1 atom stereocenters. The van der Waals surface area contributed by atoms with Gasteiger partial charge >= 0.3 is 5.69 Å². The number of phenols is 1. The number of phenolic OH excluding ortho intramolecular Hbond substituents is 1. The quantitative estimate of drug-likeness (QED) is 0.526. The van der Waals surface area contributed by atoms with E-state index >= 15 is 0 Å². The predicted octanol–water partition coefficient (Wildman–Crippen LogP) is 3.82. The van der Waals surface area contributed by atoms with E-state index in [1.807, 2.05) is 0 Å². The molecule has 1 aliphatic heterocycles. The summed E-state index contributed by atoms with van der Waals surface area (Å²) in [6.45, 7) is 3.86. The lowest BCUT2D eigenvalue weighted by Crippen LogP contribution is -2.34. The van der Waals surface area contributed by atoms with Gasteiger partial charge in [0.25, 0.3) is 0 Å². The van der Waals surface area contributed by atoms with E-state index in [4.69, 9.17) is 4.63 Å². The molecular weight excluding hydrogens is 350 g/mol. The molecule has 2 N–H and O–H groups in total. The molecular formula is C18H19N5O4. The van der Waals surface area contributed by atoms with Gasteiger partial charge in [-0.05, 0) is 47.3 Å². The van der Waals surface area contributed by atoms with Crippen LogP contribution in [0.25, 0.3) is 11.0 Å². The molecule has 1 saturated heterocycles. The van der Waals surface area contributed by atoms with E-state index in [0.717, 1.165) is 31.6 Å². The lowest BCUT2D eigenvalue weighted by atomic mass is 9.99. The third-order valence-electron chi connectivity index (χ3n) is 4.80. The lowest BCUT2D eigenvalue weighted by molar-refractivity contribution is -0.382. The number of rotatable bonds is 4. The van der Waals surface area contributed by atoms with Crippen LogP contribution in [0.4, 0.5) is 22.7 Å². The van der Waals surface area contributed by atoms with Gasteiger partial charge in [-0.3, -0.25) is 10.1 Å². The summed E-state index contributed by atoms with van der Waals surface area (Å²) in [5.74, 6) is 0.586. The van der Waals surface area contributed by atoms with Crippen molar-refractivity contribution in [1.82, 2.24) is 10.3 Å². The van der Waals surface area contributed by atoms with E-state index in [1.54, 1.807) is 18.2 Å². The average molecular weight is 369 g/mol. The minimum atomic E-state index is -0.500. The summed E-state index contributed by atoms with van der Waals surface area (Å²) in [6, 6.07) is 8.12. The van der Waals surface area contributed by atoms with E-state index in [-0.39, 0.29) is 22.6 Å². The van der Waals surface area contributed by atoms with Crippen LogP contribution in [-0.2, 0) is 0 Å². The molecule has 0 saturated carbocycles. The molecule has 140 valence electrons. The highest BCUT2D eigenvalue weighted by molar-refractivity contribution is 6.00. The van der Waals surface area contributed by atoms with Gasteiger partial charge in [-0.2, -0.15) is 0 Å². The topological polar surface area (TPSA) is 118 Å². The highest BCUT2D eigenvalue weighted by Gasteiger charge is 2.29. The van der Waals surface area contributed by atoms with E-state index in [0.29, 0.717) is 17.1 Å². The molecule has 9 nitrogen and oxygen atoms in total. The second-order valence-corrected chi connectivity index (χ2v) is 6.88. The number of benzene rings is 2. The first-order valence-electron chi connectivity index (χ1n) is 8.77. The number of piperidine rings is 1. The van der Waals surface area contributed by atoms with Gasteiger partial charge in [-0.25, -0.2) is 4.63 Å². The number of hydrogen-bond donors (Lipinski definition) is 2. The number of nitrogens with one attached hydrogen (secondary N) is 1. The fourth-order valence-corrected chi connectivity index (χ4v) is 3.58. The second kappa shape index (κ2) is 6.75. The second-order valence-electron chi connectivity index (χ2n) is 6.88. The number of hydrogen-bond acceptors (Lipinski definition) is 8. The molecule has 1 aliphatic rings. The minimum Gasteiger partial charge on any atom is -0.508 e. The summed E-state index contributed by atoms with van der Waals surface area (Å²) in [7, 11) is 0. The number of nitro benzene ring substituents is 1. The molecule has 2 aromatic carbocycles. The van der Waals surface area contributed by atoms with Gasteiger partial charge in [-0.1, -0.05) is 13.0 Å². The summed E-state index contributed by atoms with van der Waals surface area (Å²) in [4.78, 5) is 13.4. The average Bonchev–Trinajstić information content (AvgIpc) is 3.10. The monoisotopic (exact) mass is 369 g/mol. The van der Waals surface area contributed by atoms with Gasteiger partial charge in [0.2, 0.25) is 5.52 Å². The van der Waals surface area contributed by atoms with Crippen molar-refractivity contribution in [3.05, 3.63) is 40.4 Å². The normalized spacial score (nSPS) is 17.2. The van der Waals surface area contributed by atoms with Crippen LogP contribution in [0, 0.1) is 16.0 Å². The fraction of sp³-hybridized carbons (Fsp3) is 0.333. The molecule has 0 unspecified atom stereocenters. The summed E-state index contributed by atoms with van der Waals surface area (Å²) in [5.41, 5.74) is 1.86. The van der Waals surface area contributed by atoms with Crippen LogP contribution >= 0.6 is 0 Å². The van der Waals surface area contributed by atoms with Gasteiger partial charge in [-0.15, -0.1) is 0 Å². The van der Waals surface area contributed by atoms with Crippen LogP contribution in [-0.4, -0.2) is 33.4 Å². The van der Waals surface area contributed by atoms with Crippen LogP contribution in [0.5, 0.6) is 5.75 Å². The molecule has 0 bridgehead atoms. The summed E-state index contributed by atoms with van der Waals surface area (Å²) < 4.78 is 4.84. The fourth-order valence-electron chi connectivity index (χ4n) is 3.58. The first kappa shape index (κ1) is 17.1. The Morgan fingerprint density at radius 3 is 2.89 bits per heavy atom. The third kappa shape index (κ3) is 3.23. The van der Waals surface area contributed by atoms with Crippen molar-refractivity contribution >= 4 is 33.8 Å². The van der Waals surface area contributed by atoms with Crippen LogP contribution in [0.15, 0.2) is 35.0 Å². The highest BCUT2D eigenvalue weighted by Crippen LogP contribution is 2.40. The SMILES string of the molecule is C[C@@H]1CCCN(c2cc(Nc3cccc(O)c3)c([N+](=O)[O-])c3nonc23)C1. The highest BCUT2D eigenvalue weighted by atomic mass is 16.6. The standard InChI is InChI=1S/C18H19N5O4/c1-11-4-3-7-22(10-11)15-9-14(19-12-5-2-6-13(24)8-12)18(23(25)26)17-16(15)20-27-21-17/h2,5-6,8-9,11,19,24H,3-4,7,10H2,1H3/t11-/m1/s1. The smallest absolute Gasteiger partial charge is 0.324 e. The van der Waals surface area contributed by atoms with E-state index in [2.05, 4.69) is 27.5 Å². The van der Waals surface area contributed by atoms with Gasteiger partial charge < -0.3 is 15.3 Å². The van der Waals surface area contributed by atoms with Crippen LogP contribution in [0.3, 0.4) is 0 Å². The molecule has 2 heterocycles. The molecule has 0 radical (unpaired) electrons. The zero-order valence-corrected chi connectivity index (χ0v) is 14.8. The van der Waals surface area contributed by atoms with Crippen molar-refractivity contribution in [2.75, 3.05) is 23.3 Å². The maximum absolute atomic E-state index is 11.7. The van der Waals surface area contributed by atoms with E-state index in [1.165, 1.54) is 12.1 Å². The molecule has 27 heavy (non-hydrogen) atoms. The largest absolute Gasteiger partial charge is 0.508 e. The number of nitrogens with zero attached hydrogens (tertiary/aromatic N) is 4. The predicted molar refractivity (Wildman–Crippen MR) is 100 cm³/mol. The molecule has 0 amide bonds. The lowest BCUT2D eigenvalue weighted by Gasteiger charge is -2.32. The first-order chi connectivity index (χ1) is 13.0. The third-order valence-corrected chi connectivity index (χ3v) is 4.80. The number of aromatic nitrogens is 2. The van der Waals surface area contributed by atoms with Crippen LogP contribution in [0.2, 0.25) is 0 Å². The van der Waals surface area contributed by atoms with E-state index < -0.39 is 4.92 Å². The Morgan fingerprint density at radius 2 is 2.15 bits per heavy atom. The number of aromatic hydroxyl groups is 1. The van der Waals surface area contributed by atoms with Gasteiger partial charge in [0.05, 0.1) is 10.6 Å². The van der Waals surface area contributed by atoms with Crippen molar-refractivity contribution in [2.24, 2.45) is 5.92 Å². The molecule has 0 spiro atoms. The van der Waals surface area contributed by atoms with Gasteiger partial charge in [0, 0.05) is 24.8 Å². The summed E-state index contributed by atoms with van der Waals surface area (Å²) >= 11 is 0. The Balaban J connectivity index is 1.85. The van der Waals surface area contributed by atoms with Crippen molar-refractivity contribution in [3.8, 4) is 5.75 Å². The van der Waals surface area contributed by atoms with Crippen molar-refractivity contribution in [2.45, 2.75) is 19.8 Å². The number of fused-ring (bicyclic) bond motifs is 1. The van der Waals surface area contributed by atoms with Gasteiger partial charge in [0.15, 0.2) is 5.52 Å². The van der Waals surface area contributed by atoms with Gasteiger partial charge in [0.1, 0.15) is 11.4 Å². The Labute approximate surface area is 154 Å². The Hall–Kier alpha value is -3.36. The summed E-state index contributed by atoms with van der Waals surface area (Å²) in [6.07, 6.45) is 2.19. The zero-order chi connectivity index (χ0) is 19.0. The maximum atomic E-state index is 11.7. The summed E-state index contributed by atoms with van der Waals surface area (Å²) in [5, 5.41) is 32.1. The first-order valence-corrected chi connectivity index (χ1v) is 8.77. The van der Waals surface area contributed by atoms with Crippen molar-refractivity contribution in [3.63, 3.8) is 0 Å². The Kier molecular flexibility index (Phi) is 4.27. The number of anilines is 3. The molecule has 3 aromatic rings. The molecule has 1 aromatic heterocycles. The Bertz CT molecular complexity index is 1000. The van der Waals surface area contributed by atoms with Crippen LogP contribution in [0.1, 0.15) is 19.8 Å². The Morgan fingerprint density at radius 1 is 1.33 bits per heavy atom. The van der Waals surface area contributed by atoms with Crippen molar-refractivity contribution in [1.29, 1.82) is 0 Å². The van der Waals surface area contributed by atoms with Crippen molar-refractivity contribution < 1.29 is 14.7 Å². The number of nitro groups is 1. The van der Waals surface area contributed by atoms with E-state index in [9.17, 15) is 15.2 Å².